The molecule has 0 aromatic rings. The first-order valence-corrected chi connectivity index (χ1v) is 1.13. The Labute approximate surface area is 51.3 Å². The van der Waals surface area contributed by atoms with Crippen molar-refractivity contribution >= 4 is 8.41 Å². The summed E-state index contributed by atoms with van der Waals surface area (Å²) in [5, 5.41) is 15.2. The van der Waals surface area contributed by atoms with E-state index in [1.807, 2.05) is 0 Å². The molecule has 0 aliphatic heterocycles. The molecule has 34 valence electrons. The summed E-state index contributed by atoms with van der Waals surface area (Å²) in [6, 6.07) is 0. The third kappa shape index (κ3) is 23.5. The van der Waals surface area contributed by atoms with E-state index in [0.717, 1.165) is 0 Å². The maximum atomic E-state index is 7.62. The molecule has 0 fully saturated rings. The molecule has 0 unspecified atom stereocenters. The molecule has 4 heteroatoms. The molecule has 0 saturated carbocycles. The van der Waals surface area contributed by atoms with Gasteiger partial charge in [0, 0.05) is 0 Å². The summed E-state index contributed by atoms with van der Waals surface area (Å²) in [5.74, 6) is 0. The van der Waals surface area contributed by atoms with Crippen LogP contribution in [0.4, 0.5) is 0 Å². The SMILES string of the molecule is OCCO.[BH4-].[Li+]. The van der Waals surface area contributed by atoms with Gasteiger partial charge in [-0.1, -0.05) is 8.41 Å². The van der Waals surface area contributed by atoms with Crippen LogP contribution in [0.15, 0.2) is 0 Å². The minimum atomic E-state index is -0.125. The molecule has 0 rings (SSSR count). The van der Waals surface area contributed by atoms with E-state index in [4.69, 9.17) is 10.2 Å². The summed E-state index contributed by atoms with van der Waals surface area (Å²) < 4.78 is 0. The molecule has 0 bridgehead atoms. The monoisotopic (exact) mass is 84.1 g/mol. The Bertz CT molecular complexity index is 13.5. The first-order chi connectivity index (χ1) is 1.91. The van der Waals surface area contributed by atoms with Crippen LogP contribution in [0.25, 0.3) is 0 Å². The quantitative estimate of drug-likeness (QED) is 0.311. The van der Waals surface area contributed by atoms with Crippen LogP contribution in [0.5, 0.6) is 0 Å². The fraction of sp³-hybridized carbons (Fsp3) is 1.00. The largest absolute Gasteiger partial charge is 1.00 e. The number of hydrogen-bond acceptors (Lipinski definition) is 2. The van der Waals surface area contributed by atoms with Crippen molar-refractivity contribution in [1.29, 1.82) is 0 Å². The van der Waals surface area contributed by atoms with Crippen molar-refractivity contribution in [1.82, 2.24) is 0 Å². The van der Waals surface area contributed by atoms with Crippen molar-refractivity contribution in [3.8, 4) is 0 Å². The summed E-state index contributed by atoms with van der Waals surface area (Å²) in [7, 11) is 0. The van der Waals surface area contributed by atoms with Crippen LogP contribution in [0.3, 0.4) is 0 Å². The van der Waals surface area contributed by atoms with Gasteiger partial charge in [0.15, 0.2) is 0 Å². The third-order valence-corrected chi connectivity index (χ3v) is 0.1000. The van der Waals surface area contributed by atoms with Crippen LogP contribution < -0.4 is 18.9 Å². The number of hydrogen-bond donors (Lipinski definition) is 2. The molecule has 0 atom stereocenters. The van der Waals surface area contributed by atoms with Gasteiger partial charge in [-0.15, -0.1) is 0 Å². The van der Waals surface area contributed by atoms with E-state index in [0.29, 0.717) is 0 Å². The average molecular weight is 83.9 g/mol. The van der Waals surface area contributed by atoms with E-state index >= 15 is 0 Å². The standard InChI is InChI=1S/C2H6O2.BH4.Li/c3-1-2-4;;/h3-4H,1-2H2;1H4;/q;-1;+1. The second-order valence-corrected chi connectivity index (χ2v) is 0.447. The molecule has 0 aromatic carbocycles. The van der Waals surface area contributed by atoms with Crippen LogP contribution in [0.1, 0.15) is 0 Å². The zero-order valence-corrected chi connectivity index (χ0v) is 3.31. The van der Waals surface area contributed by atoms with E-state index in [9.17, 15) is 0 Å². The molecule has 0 aliphatic carbocycles. The zero-order valence-electron chi connectivity index (χ0n) is 3.31. The van der Waals surface area contributed by atoms with Gasteiger partial charge in [-0.3, -0.25) is 0 Å². The van der Waals surface area contributed by atoms with Crippen molar-refractivity contribution in [3.05, 3.63) is 0 Å². The minimum absolute atomic E-state index is 0. The van der Waals surface area contributed by atoms with Gasteiger partial charge < -0.3 is 10.2 Å². The Morgan fingerprint density at radius 3 is 1.17 bits per heavy atom. The molecule has 6 heavy (non-hydrogen) atoms. The van der Waals surface area contributed by atoms with Gasteiger partial charge >= 0.3 is 18.9 Å². The van der Waals surface area contributed by atoms with Gasteiger partial charge in [0.25, 0.3) is 0 Å². The minimum Gasteiger partial charge on any atom is -0.394 e. The van der Waals surface area contributed by atoms with E-state index < -0.39 is 0 Å². The molecule has 0 saturated heterocycles. The predicted molar refractivity (Wildman–Crippen MR) is 25.5 cm³/mol. The summed E-state index contributed by atoms with van der Waals surface area (Å²) in [4.78, 5) is 0. The van der Waals surface area contributed by atoms with Crippen molar-refractivity contribution in [2.75, 3.05) is 13.2 Å². The Hall–Kier alpha value is 0.582. The van der Waals surface area contributed by atoms with Crippen molar-refractivity contribution in [2.24, 2.45) is 0 Å². The maximum absolute atomic E-state index is 7.62. The first kappa shape index (κ1) is 16.0. The smallest absolute Gasteiger partial charge is 0.394 e. The summed E-state index contributed by atoms with van der Waals surface area (Å²) in [6.45, 7) is -0.250. The average Bonchev–Trinajstić information content (AvgIpc) is 1.37. The summed E-state index contributed by atoms with van der Waals surface area (Å²) in [6.07, 6.45) is 0. The third-order valence-electron chi connectivity index (χ3n) is 0.1000. The van der Waals surface area contributed by atoms with Crippen LogP contribution in [0.2, 0.25) is 0 Å². The number of aliphatic hydroxyl groups is 2. The van der Waals surface area contributed by atoms with Gasteiger partial charge in [0.05, 0.1) is 13.2 Å². The molecule has 0 aromatic heterocycles. The van der Waals surface area contributed by atoms with E-state index in [1.54, 1.807) is 0 Å². The molecule has 2 nitrogen and oxygen atoms in total. The zero-order chi connectivity index (χ0) is 3.41. The molecule has 2 N–H and O–H groups in total. The van der Waals surface area contributed by atoms with Crippen LogP contribution in [0, 0.1) is 0 Å². The molecular weight excluding hydrogens is 73.8 g/mol. The fourth-order valence-corrected chi connectivity index (χ4v) is 0. The van der Waals surface area contributed by atoms with Crippen LogP contribution in [-0.4, -0.2) is 31.8 Å². The van der Waals surface area contributed by atoms with Gasteiger partial charge in [0.2, 0.25) is 0 Å². The van der Waals surface area contributed by atoms with Crippen molar-refractivity contribution < 1.29 is 29.1 Å². The Morgan fingerprint density at radius 1 is 1.00 bits per heavy atom. The first-order valence-electron chi connectivity index (χ1n) is 1.13. The predicted octanol–water partition coefficient (Wildman–Crippen LogP) is -5.48. The maximum Gasteiger partial charge on any atom is 1.00 e. The van der Waals surface area contributed by atoms with Gasteiger partial charge in [-0.25, -0.2) is 0 Å². The van der Waals surface area contributed by atoms with Gasteiger partial charge in [-0.2, -0.15) is 0 Å². The van der Waals surface area contributed by atoms with E-state index in [1.165, 1.54) is 0 Å². The van der Waals surface area contributed by atoms with E-state index in [-0.39, 0.29) is 40.5 Å². The topological polar surface area (TPSA) is 40.5 Å². The van der Waals surface area contributed by atoms with E-state index in [2.05, 4.69) is 0 Å². The Morgan fingerprint density at radius 2 is 1.17 bits per heavy atom. The molecule has 0 aliphatic rings. The Balaban J connectivity index is -0.0000000450. The summed E-state index contributed by atoms with van der Waals surface area (Å²) in [5.41, 5.74) is 0. The molecule has 0 radical (unpaired) electrons. The second-order valence-electron chi connectivity index (χ2n) is 0.447. The van der Waals surface area contributed by atoms with Gasteiger partial charge in [0.1, 0.15) is 0 Å². The number of aliphatic hydroxyl groups excluding tert-OH is 2. The second kappa shape index (κ2) is 17.6. The van der Waals surface area contributed by atoms with Gasteiger partial charge in [-0.05, 0) is 0 Å². The Kier molecular flexibility index (Phi) is 46.8. The molecule has 0 amide bonds. The van der Waals surface area contributed by atoms with Crippen molar-refractivity contribution in [2.45, 2.75) is 0 Å². The molecule has 0 spiro atoms. The summed E-state index contributed by atoms with van der Waals surface area (Å²) >= 11 is 0. The van der Waals surface area contributed by atoms with Crippen molar-refractivity contribution in [3.63, 3.8) is 0 Å². The fourth-order valence-electron chi connectivity index (χ4n) is 0. The van der Waals surface area contributed by atoms with Crippen LogP contribution in [-0.2, 0) is 0 Å². The molecular formula is C2H10BLiO2. The normalized spacial score (nSPS) is 5.00. The number of rotatable bonds is 1. The van der Waals surface area contributed by atoms with Crippen LogP contribution >= 0.6 is 0 Å². The molecule has 0 heterocycles.